The molecule has 0 radical (unpaired) electrons. The molecule has 2 heteroatoms. The molecule has 0 spiro atoms. The Morgan fingerprint density at radius 3 is 2.50 bits per heavy atom. The molecule has 1 aliphatic rings. The second kappa shape index (κ2) is 4.46. The summed E-state index contributed by atoms with van der Waals surface area (Å²) >= 11 is 0. The van der Waals surface area contributed by atoms with Crippen LogP contribution in [0.15, 0.2) is 24.3 Å². The summed E-state index contributed by atoms with van der Waals surface area (Å²) in [6.07, 6.45) is 1.43. The van der Waals surface area contributed by atoms with Gasteiger partial charge in [0.25, 0.3) is 0 Å². The Labute approximate surface area is 97.8 Å². The van der Waals surface area contributed by atoms with E-state index in [9.17, 15) is 0 Å². The zero-order chi connectivity index (χ0) is 11.7. The summed E-state index contributed by atoms with van der Waals surface area (Å²) in [5.41, 5.74) is 7.27. The first-order valence-electron chi connectivity index (χ1n) is 6.10. The number of para-hydroxylation sites is 1. The first-order valence-corrected chi connectivity index (χ1v) is 6.10. The molecule has 0 heterocycles. The maximum atomic E-state index is 5.94. The summed E-state index contributed by atoms with van der Waals surface area (Å²) in [4.78, 5) is 0. The molecule has 0 aliphatic heterocycles. The van der Waals surface area contributed by atoms with E-state index in [1.54, 1.807) is 0 Å². The lowest BCUT2D eigenvalue weighted by Crippen LogP contribution is -2.18. The maximum absolute atomic E-state index is 5.94. The lowest BCUT2D eigenvalue weighted by atomic mass is 10.1. The highest BCUT2D eigenvalue weighted by Gasteiger charge is 2.42. The predicted octanol–water partition coefficient (Wildman–Crippen LogP) is 2.92. The number of ether oxygens (including phenoxy) is 1. The third-order valence-corrected chi connectivity index (χ3v) is 3.20. The monoisotopic (exact) mass is 219 g/mol. The van der Waals surface area contributed by atoms with Crippen molar-refractivity contribution in [3.05, 3.63) is 29.8 Å². The molecule has 1 saturated carbocycles. The number of hydrogen-bond donors (Lipinski definition) is 1. The predicted molar refractivity (Wildman–Crippen MR) is 66.7 cm³/mol. The van der Waals surface area contributed by atoms with Gasteiger partial charge in [0.1, 0.15) is 5.75 Å². The van der Waals surface area contributed by atoms with Gasteiger partial charge >= 0.3 is 0 Å². The van der Waals surface area contributed by atoms with Crippen LogP contribution >= 0.6 is 0 Å². The van der Waals surface area contributed by atoms with Gasteiger partial charge in [-0.3, -0.25) is 0 Å². The molecule has 1 aromatic carbocycles. The van der Waals surface area contributed by atoms with Gasteiger partial charge in [-0.05, 0) is 50.7 Å². The standard InChI is InChI=1S/C14H21NO/c1-9(2)16-14-7-5-4-6-11(14)13-8-12(13)10(3)15/h4-7,9-10,12-13H,8,15H2,1-3H3. The van der Waals surface area contributed by atoms with Gasteiger partial charge in [-0.1, -0.05) is 18.2 Å². The Morgan fingerprint density at radius 1 is 1.25 bits per heavy atom. The second-order valence-corrected chi connectivity index (χ2v) is 5.07. The van der Waals surface area contributed by atoms with Crippen LogP contribution in [0.1, 0.15) is 38.7 Å². The van der Waals surface area contributed by atoms with Crippen molar-refractivity contribution in [2.24, 2.45) is 11.7 Å². The molecule has 0 bridgehead atoms. The summed E-state index contributed by atoms with van der Waals surface area (Å²) in [5, 5.41) is 0. The Balaban J connectivity index is 2.15. The van der Waals surface area contributed by atoms with E-state index in [1.807, 2.05) is 6.07 Å². The van der Waals surface area contributed by atoms with Crippen LogP contribution < -0.4 is 10.5 Å². The number of rotatable bonds is 4. The van der Waals surface area contributed by atoms with E-state index in [1.165, 1.54) is 12.0 Å². The lowest BCUT2D eigenvalue weighted by Gasteiger charge is -2.14. The molecular weight excluding hydrogens is 198 g/mol. The Bertz CT molecular complexity index is 360. The van der Waals surface area contributed by atoms with Crippen molar-refractivity contribution in [3.63, 3.8) is 0 Å². The fraction of sp³-hybridized carbons (Fsp3) is 0.571. The van der Waals surface area contributed by atoms with E-state index in [2.05, 4.69) is 39.0 Å². The summed E-state index contributed by atoms with van der Waals surface area (Å²) < 4.78 is 5.83. The second-order valence-electron chi connectivity index (χ2n) is 5.07. The van der Waals surface area contributed by atoms with Gasteiger partial charge in [0.15, 0.2) is 0 Å². The average molecular weight is 219 g/mol. The van der Waals surface area contributed by atoms with Gasteiger partial charge in [-0.25, -0.2) is 0 Å². The van der Waals surface area contributed by atoms with Crippen molar-refractivity contribution in [1.82, 2.24) is 0 Å². The van der Waals surface area contributed by atoms with Crippen LogP contribution in [0, 0.1) is 5.92 Å². The van der Waals surface area contributed by atoms with Gasteiger partial charge < -0.3 is 10.5 Å². The van der Waals surface area contributed by atoms with Gasteiger partial charge in [0.2, 0.25) is 0 Å². The van der Waals surface area contributed by atoms with E-state index < -0.39 is 0 Å². The average Bonchev–Trinajstić information content (AvgIpc) is 2.97. The molecule has 3 unspecified atom stereocenters. The van der Waals surface area contributed by atoms with E-state index >= 15 is 0 Å². The van der Waals surface area contributed by atoms with Crippen LogP contribution in [-0.2, 0) is 0 Å². The molecule has 0 saturated heterocycles. The van der Waals surface area contributed by atoms with Gasteiger partial charge in [-0.15, -0.1) is 0 Å². The van der Waals surface area contributed by atoms with Crippen molar-refractivity contribution in [2.45, 2.75) is 45.3 Å². The largest absolute Gasteiger partial charge is 0.491 e. The highest BCUT2D eigenvalue weighted by Crippen LogP contribution is 2.51. The fourth-order valence-corrected chi connectivity index (χ4v) is 2.30. The molecule has 1 fully saturated rings. The van der Waals surface area contributed by atoms with E-state index in [0.29, 0.717) is 11.8 Å². The minimum absolute atomic E-state index is 0.230. The Morgan fingerprint density at radius 2 is 1.94 bits per heavy atom. The first kappa shape index (κ1) is 11.5. The number of nitrogens with two attached hydrogens (primary N) is 1. The third-order valence-electron chi connectivity index (χ3n) is 3.20. The molecule has 88 valence electrons. The molecule has 2 nitrogen and oxygen atoms in total. The number of benzene rings is 1. The minimum Gasteiger partial charge on any atom is -0.491 e. The Hall–Kier alpha value is -1.02. The van der Waals surface area contributed by atoms with Crippen molar-refractivity contribution in [1.29, 1.82) is 0 Å². The van der Waals surface area contributed by atoms with Crippen LogP contribution in [0.4, 0.5) is 0 Å². The molecule has 2 N–H and O–H groups in total. The van der Waals surface area contributed by atoms with Crippen LogP contribution in [-0.4, -0.2) is 12.1 Å². The minimum atomic E-state index is 0.230. The number of hydrogen-bond acceptors (Lipinski definition) is 2. The smallest absolute Gasteiger partial charge is 0.123 e. The van der Waals surface area contributed by atoms with Crippen molar-refractivity contribution < 1.29 is 4.74 Å². The van der Waals surface area contributed by atoms with Gasteiger partial charge in [-0.2, -0.15) is 0 Å². The normalized spacial score (nSPS) is 25.6. The molecule has 0 amide bonds. The summed E-state index contributed by atoms with van der Waals surface area (Å²) in [7, 11) is 0. The molecule has 3 atom stereocenters. The van der Waals surface area contributed by atoms with E-state index in [0.717, 1.165) is 5.75 Å². The van der Waals surface area contributed by atoms with Gasteiger partial charge in [0.05, 0.1) is 6.10 Å². The van der Waals surface area contributed by atoms with Crippen LogP contribution in [0.5, 0.6) is 5.75 Å². The van der Waals surface area contributed by atoms with Crippen LogP contribution in [0.2, 0.25) is 0 Å². The molecule has 1 aliphatic carbocycles. The molecule has 16 heavy (non-hydrogen) atoms. The first-order chi connectivity index (χ1) is 7.59. The van der Waals surface area contributed by atoms with E-state index in [-0.39, 0.29) is 12.1 Å². The topological polar surface area (TPSA) is 35.2 Å². The zero-order valence-corrected chi connectivity index (χ0v) is 10.3. The van der Waals surface area contributed by atoms with Crippen molar-refractivity contribution >= 4 is 0 Å². The summed E-state index contributed by atoms with van der Waals surface area (Å²) in [6.45, 7) is 6.22. The lowest BCUT2D eigenvalue weighted by molar-refractivity contribution is 0.239. The van der Waals surface area contributed by atoms with Crippen LogP contribution in [0.25, 0.3) is 0 Å². The highest BCUT2D eigenvalue weighted by molar-refractivity contribution is 5.40. The quantitative estimate of drug-likeness (QED) is 0.845. The maximum Gasteiger partial charge on any atom is 0.123 e. The van der Waals surface area contributed by atoms with Crippen molar-refractivity contribution in [2.75, 3.05) is 0 Å². The SMILES string of the molecule is CC(C)Oc1ccccc1C1CC1C(C)N. The molecule has 2 rings (SSSR count). The molecular formula is C14H21NO. The Kier molecular flexibility index (Phi) is 3.20. The summed E-state index contributed by atoms with van der Waals surface area (Å²) in [5.74, 6) is 2.28. The zero-order valence-electron chi connectivity index (χ0n) is 10.3. The third kappa shape index (κ3) is 2.38. The van der Waals surface area contributed by atoms with Crippen molar-refractivity contribution in [3.8, 4) is 5.75 Å². The molecule has 1 aromatic rings. The van der Waals surface area contributed by atoms with Gasteiger partial charge in [0, 0.05) is 6.04 Å². The fourth-order valence-electron chi connectivity index (χ4n) is 2.30. The highest BCUT2D eigenvalue weighted by atomic mass is 16.5. The molecule has 0 aromatic heterocycles. The van der Waals surface area contributed by atoms with E-state index in [4.69, 9.17) is 10.5 Å². The summed E-state index contributed by atoms with van der Waals surface area (Å²) in [6, 6.07) is 8.64. The van der Waals surface area contributed by atoms with Crippen LogP contribution in [0.3, 0.4) is 0 Å².